The van der Waals surface area contributed by atoms with E-state index in [1.54, 1.807) is 0 Å². The summed E-state index contributed by atoms with van der Waals surface area (Å²) in [5.74, 6) is 0. The molecule has 0 spiro atoms. The quantitative estimate of drug-likeness (QED) is 0.717. The Balaban J connectivity index is 1.95. The summed E-state index contributed by atoms with van der Waals surface area (Å²) in [6.45, 7) is 6.38. The number of aromatic nitrogens is 2. The van der Waals surface area contributed by atoms with E-state index in [0.29, 0.717) is 0 Å². The highest BCUT2D eigenvalue weighted by atomic mass is 15.1. The molecule has 3 nitrogen and oxygen atoms in total. The molecule has 106 valence electrons. The van der Waals surface area contributed by atoms with E-state index in [1.165, 1.54) is 5.69 Å². The van der Waals surface area contributed by atoms with Crippen LogP contribution in [0.3, 0.4) is 0 Å². The van der Waals surface area contributed by atoms with Crippen LogP contribution < -0.4 is 4.90 Å². The summed E-state index contributed by atoms with van der Waals surface area (Å²) in [6.07, 6.45) is 1.84. The van der Waals surface area contributed by atoms with E-state index in [0.717, 1.165) is 35.4 Å². The third-order valence-corrected chi connectivity index (χ3v) is 3.74. The molecule has 0 aliphatic rings. The standard InChI is InChI=1S/C18H19N3/c1-3-21(4-2)15-11-9-14(10-12-15)18-13-19-16-7-5-6-8-17(16)20-18/h5-13H,3-4H2,1-2H3. The highest BCUT2D eigenvalue weighted by Gasteiger charge is 2.05. The Hall–Kier alpha value is -2.42. The number of anilines is 1. The Morgan fingerprint density at radius 3 is 2.19 bits per heavy atom. The van der Waals surface area contributed by atoms with Gasteiger partial charge in [0.1, 0.15) is 0 Å². The highest BCUT2D eigenvalue weighted by Crippen LogP contribution is 2.22. The first-order chi connectivity index (χ1) is 10.3. The zero-order valence-corrected chi connectivity index (χ0v) is 12.5. The fourth-order valence-corrected chi connectivity index (χ4v) is 2.53. The first-order valence-corrected chi connectivity index (χ1v) is 7.39. The van der Waals surface area contributed by atoms with Crippen molar-refractivity contribution in [2.45, 2.75) is 13.8 Å². The lowest BCUT2D eigenvalue weighted by atomic mass is 10.1. The van der Waals surface area contributed by atoms with Gasteiger partial charge in [0, 0.05) is 24.3 Å². The Bertz CT molecular complexity index is 731. The second kappa shape index (κ2) is 5.92. The van der Waals surface area contributed by atoms with E-state index in [2.05, 4.69) is 53.0 Å². The number of rotatable bonds is 4. The molecule has 0 saturated heterocycles. The lowest BCUT2D eigenvalue weighted by Crippen LogP contribution is -2.21. The molecule has 0 aliphatic carbocycles. The minimum Gasteiger partial charge on any atom is -0.372 e. The highest BCUT2D eigenvalue weighted by molar-refractivity contribution is 5.77. The van der Waals surface area contributed by atoms with Gasteiger partial charge in [0.25, 0.3) is 0 Å². The normalized spacial score (nSPS) is 10.8. The summed E-state index contributed by atoms with van der Waals surface area (Å²) in [5.41, 5.74) is 5.13. The lowest BCUT2D eigenvalue weighted by molar-refractivity contribution is 0.866. The molecule has 21 heavy (non-hydrogen) atoms. The largest absolute Gasteiger partial charge is 0.372 e. The lowest BCUT2D eigenvalue weighted by Gasteiger charge is -2.21. The van der Waals surface area contributed by atoms with Crippen molar-refractivity contribution in [1.82, 2.24) is 9.97 Å². The second-order valence-corrected chi connectivity index (χ2v) is 4.96. The number of fused-ring (bicyclic) bond motifs is 1. The van der Waals surface area contributed by atoms with Gasteiger partial charge in [-0.1, -0.05) is 24.3 Å². The Morgan fingerprint density at radius 2 is 1.52 bits per heavy atom. The number of hydrogen-bond donors (Lipinski definition) is 0. The summed E-state index contributed by atoms with van der Waals surface area (Å²) in [4.78, 5) is 11.5. The molecule has 3 heteroatoms. The van der Waals surface area contributed by atoms with Crippen LogP contribution in [0.4, 0.5) is 5.69 Å². The van der Waals surface area contributed by atoms with Crippen LogP contribution in [0, 0.1) is 0 Å². The Kier molecular flexibility index (Phi) is 3.82. The monoisotopic (exact) mass is 277 g/mol. The molecule has 0 aliphatic heterocycles. The predicted octanol–water partition coefficient (Wildman–Crippen LogP) is 4.14. The van der Waals surface area contributed by atoms with Crippen molar-refractivity contribution < 1.29 is 0 Å². The van der Waals surface area contributed by atoms with Crippen molar-refractivity contribution in [3.8, 4) is 11.3 Å². The summed E-state index contributed by atoms with van der Waals surface area (Å²) < 4.78 is 0. The number of benzene rings is 2. The number of para-hydroxylation sites is 2. The zero-order valence-electron chi connectivity index (χ0n) is 12.5. The molecule has 1 heterocycles. The predicted molar refractivity (Wildman–Crippen MR) is 88.5 cm³/mol. The van der Waals surface area contributed by atoms with Crippen LogP contribution >= 0.6 is 0 Å². The van der Waals surface area contributed by atoms with Crippen molar-refractivity contribution >= 4 is 16.7 Å². The van der Waals surface area contributed by atoms with Crippen LogP contribution in [0.2, 0.25) is 0 Å². The van der Waals surface area contributed by atoms with Gasteiger partial charge < -0.3 is 4.90 Å². The number of nitrogens with zero attached hydrogens (tertiary/aromatic N) is 3. The van der Waals surface area contributed by atoms with Gasteiger partial charge in [0.2, 0.25) is 0 Å². The van der Waals surface area contributed by atoms with Gasteiger partial charge >= 0.3 is 0 Å². The van der Waals surface area contributed by atoms with Crippen molar-refractivity contribution in [2.24, 2.45) is 0 Å². The van der Waals surface area contributed by atoms with Crippen molar-refractivity contribution in [3.05, 3.63) is 54.7 Å². The number of hydrogen-bond acceptors (Lipinski definition) is 3. The average molecular weight is 277 g/mol. The minimum atomic E-state index is 0.916. The fourth-order valence-electron chi connectivity index (χ4n) is 2.53. The molecule has 0 unspecified atom stereocenters. The van der Waals surface area contributed by atoms with Crippen LogP contribution in [0.1, 0.15) is 13.8 Å². The van der Waals surface area contributed by atoms with Gasteiger partial charge in [-0.15, -0.1) is 0 Å². The molecule has 0 N–H and O–H groups in total. The van der Waals surface area contributed by atoms with Gasteiger partial charge in [-0.05, 0) is 38.1 Å². The third kappa shape index (κ3) is 2.72. The van der Waals surface area contributed by atoms with E-state index in [4.69, 9.17) is 0 Å². The van der Waals surface area contributed by atoms with Crippen LogP contribution in [0.15, 0.2) is 54.7 Å². The van der Waals surface area contributed by atoms with Gasteiger partial charge in [-0.3, -0.25) is 4.98 Å². The fraction of sp³-hybridized carbons (Fsp3) is 0.222. The molecule has 0 bridgehead atoms. The topological polar surface area (TPSA) is 29.0 Å². The summed E-state index contributed by atoms with van der Waals surface area (Å²) in [6, 6.07) is 16.5. The van der Waals surface area contributed by atoms with E-state index < -0.39 is 0 Å². The molecule has 1 aromatic heterocycles. The van der Waals surface area contributed by atoms with E-state index in [-0.39, 0.29) is 0 Å². The molecular weight excluding hydrogens is 258 g/mol. The molecular formula is C18H19N3. The molecule has 3 rings (SSSR count). The molecule has 0 amide bonds. The summed E-state index contributed by atoms with van der Waals surface area (Å²) in [7, 11) is 0. The van der Waals surface area contributed by atoms with Crippen molar-refractivity contribution in [1.29, 1.82) is 0 Å². The molecule has 0 saturated carbocycles. The molecule has 3 aromatic rings. The van der Waals surface area contributed by atoms with Crippen LogP contribution in [-0.2, 0) is 0 Å². The van der Waals surface area contributed by atoms with Gasteiger partial charge in [0.05, 0.1) is 22.9 Å². The van der Waals surface area contributed by atoms with E-state index >= 15 is 0 Å². The van der Waals surface area contributed by atoms with Gasteiger partial charge in [-0.2, -0.15) is 0 Å². The summed E-state index contributed by atoms with van der Waals surface area (Å²) in [5, 5.41) is 0. The minimum absolute atomic E-state index is 0.916. The van der Waals surface area contributed by atoms with E-state index in [1.807, 2.05) is 30.5 Å². The maximum Gasteiger partial charge on any atom is 0.0894 e. The van der Waals surface area contributed by atoms with Crippen molar-refractivity contribution in [3.63, 3.8) is 0 Å². The zero-order chi connectivity index (χ0) is 14.7. The van der Waals surface area contributed by atoms with E-state index in [9.17, 15) is 0 Å². The molecule has 0 radical (unpaired) electrons. The average Bonchev–Trinajstić information content (AvgIpc) is 2.56. The third-order valence-electron chi connectivity index (χ3n) is 3.74. The first-order valence-electron chi connectivity index (χ1n) is 7.39. The van der Waals surface area contributed by atoms with Gasteiger partial charge in [0.15, 0.2) is 0 Å². The second-order valence-electron chi connectivity index (χ2n) is 4.96. The van der Waals surface area contributed by atoms with Crippen LogP contribution in [0.5, 0.6) is 0 Å². The van der Waals surface area contributed by atoms with Crippen molar-refractivity contribution in [2.75, 3.05) is 18.0 Å². The maximum atomic E-state index is 4.68. The summed E-state index contributed by atoms with van der Waals surface area (Å²) >= 11 is 0. The Morgan fingerprint density at radius 1 is 0.857 bits per heavy atom. The molecule has 2 aromatic carbocycles. The molecule has 0 fully saturated rings. The maximum absolute atomic E-state index is 4.68. The van der Waals surface area contributed by atoms with Crippen LogP contribution in [-0.4, -0.2) is 23.1 Å². The SMILES string of the molecule is CCN(CC)c1ccc(-c2cnc3ccccc3n2)cc1. The Labute approximate surface area is 125 Å². The first kappa shape index (κ1) is 13.6. The van der Waals surface area contributed by atoms with Crippen LogP contribution in [0.25, 0.3) is 22.3 Å². The smallest absolute Gasteiger partial charge is 0.0894 e. The molecule has 0 atom stereocenters. The van der Waals surface area contributed by atoms with Gasteiger partial charge in [-0.25, -0.2) is 4.98 Å².